The third-order valence-electron chi connectivity index (χ3n) is 4.86. The highest BCUT2D eigenvalue weighted by molar-refractivity contribution is 7.91. The number of sulfone groups is 1. The van der Waals surface area contributed by atoms with Crippen LogP contribution in [0, 0.1) is 17.1 Å². The molecule has 0 saturated heterocycles. The van der Waals surface area contributed by atoms with Crippen LogP contribution in [0.2, 0.25) is 0 Å². The summed E-state index contributed by atoms with van der Waals surface area (Å²) < 4.78 is 84.0. The van der Waals surface area contributed by atoms with Gasteiger partial charge in [-0.05, 0) is 41.0 Å². The van der Waals surface area contributed by atoms with Crippen LogP contribution in [0.4, 0.5) is 17.6 Å². The van der Waals surface area contributed by atoms with Gasteiger partial charge >= 0.3 is 11.7 Å². The predicted molar refractivity (Wildman–Crippen MR) is 97.9 cm³/mol. The van der Waals surface area contributed by atoms with Gasteiger partial charge in [0.15, 0.2) is 6.10 Å². The topological polar surface area (TPSA) is 104 Å². The number of aliphatic hydroxyl groups is 1. The number of hydrogen-bond donors (Lipinski definition) is 1. The minimum Gasteiger partial charge on any atom is -0.454 e. The first-order valence-electron chi connectivity index (χ1n) is 8.85. The minimum absolute atomic E-state index is 0.0880. The number of alkyl halides is 3. The summed E-state index contributed by atoms with van der Waals surface area (Å²) >= 11 is 0. The molecule has 2 aromatic carbocycles. The van der Waals surface area contributed by atoms with Crippen LogP contribution in [-0.2, 0) is 25.8 Å². The smallest absolute Gasteiger partial charge is 0.341 e. The van der Waals surface area contributed by atoms with E-state index in [2.05, 4.69) is 0 Å². The summed E-state index contributed by atoms with van der Waals surface area (Å²) in [6.07, 6.45) is -5.90. The molecule has 0 bridgehead atoms. The lowest BCUT2D eigenvalue weighted by Crippen LogP contribution is -2.19. The van der Waals surface area contributed by atoms with Crippen LogP contribution >= 0.6 is 0 Å². The maximum Gasteiger partial charge on any atom is 0.341 e. The molecule has 164 valence electrons. The third-order valence-corrected chi connectivity index (χ3v) is 6.30. The molecule has 11 heteroatoms. The summed E-state index contributed by atoms with van der Waals surface area (Å²) in [6.45, 7) is 0.945. The standard InChI is InChI=1S/C20H15F4NO5S/c1-9(26)30-19-15(22)7-14-13(2-3-16(17(14)19)31(28,29)20(23)24)18(27)11-4-10(8-25)5-12(21)6-11/h2-6,15,18-20,27H,7H2,1H3/t15-,18-,19-/m1/s1. The highest BCUT2D eigenvalue weighted by Crippen LogP contribution is 2.45. The van der Waals surface area contributed by atoms with Crippen molar-refractivity contribution in [2.24, 2.45) is 0 Å². The maximum atomic E-state index is 14.7. The fraction of sp³-hybridized carbons (Fsp3) is 0.300. The summed E-state index contributed by atoms with van der Waals surface area (Å²) in [5.74, 6) is -5.61. The number of fused-ring (bicyclic) bond motifs is 1. The van der Waals surface area contributed by atoms with E-state index >= 15 is 0 Å². The molecule has 0 heterocycles. The second-order valence-electron chi connectivity index (χ2n) is 6.89. The maximum absolute atomic E-state index is 14.7. The Labute approximate surface area is 174 Å². The van der Waals surface area contributed by atoms with Gasteiger partial charge in [-0.1, -0.05) is 6.07 Å². The molecule has 31 heavy (non-hydrogen) atoms. The molecule has 3 rings (SSSR count). The zero-order chi connectivity index (χ0) is 23.1. The molecule has 3 atom stereocenters. The normalized spacial score (nSPS) is 19.0. The van der Waals surface area contributed by atoms with Crippen LogP contribution in [0.1, 0.15) is 46.9 Å². The van der Waals surface area contributed by atoms with Crippen molar-refractivity contribution in [2.45, 2.75) is 42.4 Å². The SMILES string of the molecule is CC(=O)O[C@H]1c2c(S(=O)(=O)C(F)F)ccc([C@H](O)c3cc(F)cc(C#N)c3)c2C[C@H]1F. The number of nitrogens with zero attached hydrogens (tertiary/aromatic N) is 1. The van der Waals surface area contributed by atoms with Crippen LogP contribution in [0.25, 0.3) is 0 Å². The highest BCUT2D eigenvalue weighted by atomic mass is 32.2. The van der Waals surface area contributed by atoms with Gasteiger partial charge in [0.2, 0.25) is 9.84 Å². The molecule has 1 aliphatic carbocycles. The van der Waals surface area contributed by atoms with E-state index in [0.717, 1.165) is 31.2 Å². The van der Waals surface area contributed by atoms with Crippen molar-refractivity contribution < 1.29 is 40.6 Å². The third kappa shape index (κ3) is 4.13. The number of nitriles is 1. The van der Waals surface area contributed by atoms with E-state index in [9.17, 15) is 35.9 Å². The summed E-state index contributed by atoms with van der Waals surface area (Å²) in [5.41, 5.74) is -0.916. The summed E-state index contributed by atoms with van der Waals surface area (Å²) in [4.78, 5) is 10.5. The Kier molecular flexibility index (Phi) is 6.07. The fourth-order valence-electron chi connectivity index (χ4n) is 3.61. The first-order chi connectivity index (χ1) is 14.5. The van der Waals surface area contributed by atoms with E-state index in [-0.39, 0.29) is 22.3 Å². The zero-order valence-electron chi connectivity index (χ0n) is 15.9. The number of aliphatic hydroxyl groups excluding tert-OH is 1. The highest BCUT2D eigenvalue weighted by Gasteiger charge is 2.43. The molecule has 0 fully saturated rings. The molecule has 0 amide bonds. The second-order valence-corrected chi connectivity index (χ2v) is 8.77. The molecule has 0 aromatic heterocycles. The number of halogens is 4. The van der Waals surface area contributed by atoms with E-state index in [0.29, 0.717) is 0 Å². The van der Waals surface area contributed by atoms with Crippen LogP contribution in [-0.4, -0.2) is 31.4 Å². The molecule has 2 aromatic rings. The van der Waals surface area contributed by atoms with E-state index in [1.165, 1.54) is 6.07 Å². The van der Waals surface area contributed by atoms with Gasteiger partial charge in [0, 0.05) is 18.9 Å². The molecular weight excluding hydrogens is 442 g/mol. The molecule has 6 nitrogen and oxygen atoms in total. The van der Waals surface area contributed by atoms with Gasteiger partial charge in [-0.2, -0.15) is 14.0 Å². The second kappa shape index (κ2) is 8.28. The molecule has 0 aliphatic heterocycles. The number of esters is 1. The summed E-state index contributed by atoms with van der Waals surface area (Å²) in [5, 5.41) is 19.7. The average Bonchev–Trinajstić information content (AvgIpc) is 3.01. The number of hydrogen-bond acceptors (Lipinski definition) is 6. The van der Waals surface area contributed by atoms with Gasteiger partial charge in [-0.25, -0.2) is 17.2 Å². The van der Waals surface area contributed by atoms with E-state index < -0.39 is 62.6 Å². The van der Waals surface area contributed by atoms with E-state index in [1.807, 2.05) is 0 Å². The largest absolute Gasteiger partial charge is 0.454 e. The lowest BCUT2D eigenvalue weighted by molar-refractivity contribution is -0.149. The first kappa shape index (κ1) is 22.7. The van der Waals surface area contributed by atoms with Gasteiger partial charge in [-0.15, -0.1) is 0 Å². The van der Waals surface area contributed by atoms with Gasteiger partial charge < -0.3 is 9.84 Å². The van der Waals surface area contributed by atoms with Crippen LogP contribution in [0.5, 0.6) is 0 Å². The van der Waals surface area contributed by atoms with Crippen molar-refractivity contribution in [1.29, 1.82) is 5.26 Å². The Balaban J connectivity index is 2.24. The number of benzene rings is 2. The van der Waals surface area contributed by atoms with Crippen molar-refractivity contribution in [1.82, 2.24) is 0 Å². The fourth-order valence-corrected chi connectivity index (χ4v) is 4.60. The summed E-state index contributed by atoms with van der Waals surface area (Å²) in [7, 11) is -5.19. The van der Waals surface area contributed by atoms with Crippen LogP contribution < -0.4 is 0 Å². The van der Waals surface area contributed by atoms with Crippen molar-refractivity contribution in [3.05, 3.63) is 64.0 Å². The average molecular weight is 457 g/mol. The van der Waals surface area contributed by atoms with E-state index in [1.54, 1.807) is 6.07 Å². The number of rotatable bonds is 5. The van der Waals surface area contributed by atoms with Gasteiger partial charge in [0.1, 0.15) is 18.1 Å². The monoisotopic (exact) mass is 457 g/mol. The molecule has 0 unspecified atom stereocenters. The van der Waals surface area contributed by atoms with Gasteiger partial charge in [0.05, 0.1) is 16.5 Å². The quantitative estimate of drug-likeness (QED) is 0.546. The number of carbonyl (C=O) groups excluding carboxylic acids is 1. The first-order valence-corrected chi connectivity index (χ1v) is 10.4. The molecule has 0 saturated carbocycles. The van der Waals surface area contributed by atoms with Crippen molar-refractivity contribution in [3.8, 4) is 6.07 Å². The molecule has 0 spiro atoms. The zero-order valence-corrected chi connectivity index (χ0v) is 16.7. The van der Waals surface area contributed by atoms with Crippen molar-refractivity contribution >= 4 is 15.8 Å². The van der Waals surface area contributed by atoms with Crippen LogP contribution in [0.15, 0.2) is 35.2 Å². The Morgan fingerprint density at radius 1 is 1.29 bits per heavy atom. The van der Waals surface area contributed by atoms with E-state index in [4.69, 9.17) is 10.00 Å². The number of carbonyl (C=O) groups is 1. The van der Waals surface area contributed by atoms with Crippen LogP contribution in [0.3, 0.4) is 0 Å². The Morgan fingerprint density at radius 2 is 1.97 bits per heavy atom. The molecule has 1 N–H and O–H groups in total. The Morgan fingerprint density at radius 3 is 2.55 bits per heavy atom. The Bertz CT molecular complexity index is 1190. The molecular formula is C20H15F4NO5S. The molecule has 1 aliphatic rings. The van der Waals surface area contributed by atoms with Gasteiger partial charge in [-0.3, -0.25) is 4.79 Å². The van der Waals surface area contributed by atoms with Crippen molar-refractivity contribution in [3.63, 3.8) is 0 Å². The van der Waals surface area contributed by atoms with Gasteiger partial charge in [0.25, 0.3) is 0 Å². The lowest BCUT2D eigenvalue weighted by atomic mass is 9.93. The summed E-state index contributed by atoms with van der Waals surface area (Å²) in [6, 6.07) is 6.51. The lowest BCUT2D eigenvalue weighted by Gasteiger charge is -2.20. The predicted octanol–water partition coefficient (Wildman–Crippen LogP) is 3.27. The van der Waals surface area contributed by atoms with Crippen molar-refractivity contribution in [2.75, 3.05) is 0 Å². The molecule has 0 radical (unpaired) electrons. The Hall–Kier alpha value is -2.97. The number of ether oxygens (including phenoxy) is 1. The minimum atomic E-state index is -5.19.